The largest absolute Gasteiger partial charge is 0.534 e. The number of allylic oxidation sites excluding steroid dienone is 1. The van der Waals surface area contributed by atoms with E-state index >= 15 is 0 Å². The van der Waals surface area contributed by atoms with E-state index in [1.54, 1.807) is 11.3 Å². The van der Waals surface area contributed by atoms with Gasteiger partial charge in [0.1, 0.15) is 17.1 Å². The van der Waals surface area contributed by atoms with Crippen LogP contribution in [0.4, 0.5) is 5.69 Å². The lowest BCUT2D eigenvalue weighted by Crippen LogP contribution is -2.68. The molecule has 1 aromatic heterocycles. The van der Waals surface area contributed by atoms with Crippen LogP contribution in [-0.4, -0.2) is 27.0 Å². The standard InChI is InChI=1S/C48H52N4O2SSi/c1-10-12-32-52(33-13-11-2)37-26-24-36(44(34-37)54-56(47(3,4)5,40-20-16-14-17-21-40)41-22-18-15-19-23-41)25-27-38-28-29-39(55-38)30-31-42-45(51-9)46(43(35-49)50-8)53-48(42,6)7/h14-31,34H,10-13,32-33H2,1-7H3/b27-25+,31-30+,46-43+. The SMILES string of the molecule is [C-]#[N+]C1=C(/C=C/c2ccc(/C=C/c3ccc(N(CCCC)CCCC)cc3O[Si](c3ccccc3)(c3ccccc3)C(C)(C)C)s2)C(C)(C)O/C1=C(\C#N)[N+]#[C-]. The lowest BCUT2D eigenvalue weighted by molar-refractivity contribution is 0.0952. The molecule has 8 heteroatoms. The Bertz CT molecular complexity index is 2180. The fourth-order valence-corrected chi connectivity index (χ4v) is 12.4. The van der Waals surface area contributed by atoms with Gasteiger partial charge in [0.25, 0.3) is 5.70 Å². The van der Waals surface area contributed by atoms with Gasteiger partial charge in [-0.1, -0.05) is 114 Å². The van der Waals surface area contributed by atoms with Gasteiger partial charge in [0.2, 0.25) is 5.70 Å². The van der Waals surface area contributed by atoms with E-state index in [1.807, 2.05) is 32.1 Å². The molecular weight excluding hydrogens is 725 g/mol. The van der Waals surface area contributed by atoms with Gasteiger partial charge >= 0.3 is 8.32 Å². The molecule has 286 valence electrons. The number of hydrogen-bond acceptors (Lipinski definition) is 5. The van der Waals surface area contributed by atoms with E-state index in [0.29, 0.717) is 5.57 Å². The number of unbranched alkanes of at least 4 members (excludes halogenated alkanes) is 2. The van der Waals surface area contributed by atoms with Crippen LogP contribution in [0.5, 0.6) is 5.75 Å². The van der Waals surface area contributed by atoms with Crippen LogP contribution in [0, 0.1) is 24.5 Å². The number of rotatable bonds is 15. The number of hydrogen-bond donors (Lipinski definition) is 0. The molecule has 0 radical (unpaired) electrons. The number of nitrogens with zero attached hydrogens (tertiary/aromatic N) is 4. The molecule has 0 aliphatic carbocycles. The first kappa shape index (κ1) is 41.6. The summed E-state index contributed by atoms with van der Waals surface area (Å²) >= 11 is 1.64. The maximum Gasteiger partial charge on any atom is 0.319 e. The molecule has 0 amide bonds. The molecule has 0 unspecified atom stereocenters. The molecule has 4 aromatic rings. The van der Waals surface area contributed by atoms with Crippen LogP contribution in [0.15, 0.2) is 120 Å². The first-order chi connectivity index (χ1) is 26.9. The third-order valence-electron chi connectivity index (χ3n) is 10.1. The van der Waals surface area contributed by atoms with Gasteiger partial charge in [-0.05, 0) is 84.6 Å². The average Bonchev–Trinajstić information content (AvgIpc) is 3.76. The van der Waals surface area contributed by atoms with Gasteiger partial charge in [-0.2, -0.15) is 0 Å². The summed E-state index contributed by atoms with van der Waals surface area (Å²) in [5, 5.41) is 11.7. The van der Waals surface area contributed by atoms with Crippen LogP contribution < -0.4 is 19.7 Å². The van der Waals surface area contributed by atoms with Gasteiger partial charge in [0.05, 0.1) is 19.2 Å². The van der Waals surface area contributed by atoms with Crippen LogP contribution in [0.1, 0.15) is 89.5 Å². The summed E-state index contributed by atoms with van der Waals surface area (Å²) in [6.45, 7) is 32.3. The summed E-state index contributed by atoms with van der Waals surface area (Å²) in [4.78, 5) is 11.5. The highest BCUT2D eigenvalue weighted by molar-refractivity contribution is 7.13. The Morgan fingerprint density at radius 1 is 0.857 bits per heavy atom. The minimum atomic E-state index is -2.93. The van der Waals surface area contributed by atoms with Gasteiger partial charge < -0.3 is 14.1 Å². The summed E-state index contributed by atoms with van der Waals surface area (Å²) in [5.74, 6) is 0.933. The van der Waals surface area contributed by atoms with Crippen molar-refractivity contribution in [2.24, 2.45) is 0 Å². The third-order valence-corrected chi connectivity index (χ3v) is 16.1. The number of benzene rings is 3. The fourth-order valence-electron chi connectivity index (χ4n) is 7.16. The number of ether oxygens (including phenoxy) is 1. The minimum absolute atomic E-state index is 0.0536. The molecule has 56 heavy (non-hydrogen) atoms. The van der Waals surface area contributed by atoms with Gasteiger partial charge in [0.15, 0.2) is 0 Å². The van der Waals surface area contributed by atoms with E-state index < -0.39 is 13.9 Å². The van der Waals surface area contributed by atoms with Crippen LogP contribution in [0.2, 0.25) is 5.04 Å². The Hall–Kier alpha value is -5.59. The first-order valence-electron chi connectivity index (χ1n) is 19.4. The summed E-state index contributed by atoms with van der Waals surface area (Å²) < 4.78 is 13.7. The highest BCUT2D eigenvalue weighted by Crippen LogP contribution is 2.43. The Kier molecular flexibility index (Phi) is 13.6. The topological polar surface area (TPSA) is 54.2 Å². The Morgan fingerprint density at radius 3 is 1.93 bits per heavy atom. The van der Waals surface area contributed by atoms with Gasteiger partial charge in [0, 0.05) is 45.7 Å². The quantitative estimate of drug-likeness (QED) is 0.0685. The van der Waals surface area contributed by atoms with Gasteiger partial charge in [-0.15, -0.1) is 11.3 Å². The van der Waals surface area contributed by atoms with E-state index in [1.165, 1.54) is 16.1 Å². The highest BCUT2D eigenvalue weighted by Gasteiger charge is 2.52. The predicted molar refractivity (Wildman–Crippen MR) is 237 cm³/mol. The molecule has 0 bridgehead atoms. The minimum Gasteiger partial charge on any atom is -0.534 e. The molecule has 0 saturated heterocycles. The summed E-state index contributed by atoms with van der Waals surface area (Å²) in [7, 11) is -2.93. The monoisotopic (exact) mass is 776 g/mol. The lowest BCUT2D eigenvalue weighted by Gasteiger charge is -2.43. The van der Waals surface area contributed by atoms with Crippen molar-refractivity contribution in [2.45, 2.75) is 84.8 Å². The molecule has 6 nitrogen and oxygen atoms in total. The second-order valence-electron chi connectivity index (χ2n) is 15.5. The van der Waals surface area contributed by atoms with E-state index in [0.717, 1.165) is 59.8 Å². The number of anilines is 1. The average molecular weight is 777 g/mol. The van der Waals surface area contributed by atoms with Crippen molar-refractivity contribution >= 4 is 53.9 Å². The molecular formula is C48H52N4O2SSi. The predicted octanol–water partition coefficient (Wildman–Crippen LogP) is 11.9. The van der Waals surface area contributed by atoms with E-state index in [-0.39, 0.29) is 22.2 Å². The molecule has 1 aliphatic rings. The van der Waals surface area contributed by atoms with Crippen molar-refractivity contribution < 1.29 is 9.16 Å². The maximum absolute atomic E-state index is 9.45. The highest BCUT2D eigenvalue weighted by atomic mass is 32.1. The fraction of sp³-hybridized carbons (Fsp3) is 0.312. The van der Waals surface area contributed by atoms with E-state index in [4.69, 9.17) is 22.3 Å². The van der Waals surface area contributed by atoms with Crippen LogP contribution >= 0.6 is 11.3 Å². The van der Waals surface area contributed by atoms with E-state index in [2.05, 4.69) is 152 Å². The van der Waals surface area contributed by atoms with E-state index in [9.17, 15) is 5.26 Å². The Morgan fingerprint density at radius 2 is 1.43 bits per heavy atom. The van der Waals surface area contributed by atoms with Crippen molar-refractivity contribution in [3.8, 4) is 11.8 Å². The lowest BCUT2D eigenvalue weighted by atomic mass is 9.97. The van der Waals surface area contributed by atoms with Crippen LogP contribution in [-0.2, 0) is 4.74 Å². The zero-order valence-corrected chi connectivity index (χ0v) is 35.5. The molecule has 3 aromatic carbocycles. The second kappa shape index (κ2) is 18.4. The Balaban J connectivity index is 1.58. The van der Waals surface area contributed by atoms with Crippen molar-refractivity contribution in [3.05, 3.63) is 158 Å². The summed E-state index contributed by atoms with van der Waals surface area (Å²) in [6, 6.07) is 34.3. The molecule has 0 spiro atoms. The zero-order chi connectivity index (χ0) is 40.3. The Labute approximate surface area is 339 Å². The van der Waals surface area contributed by atoms with Crippen molar-refractivity contribution in [1.29, 1.82) is 5.26 Å². The first-order valence-corrected chi connectivity index (χ1v) is 22.1. The van der Waals surface area contributed by atoms with Crippen molar-refractivity contribution in [1.82, 2.24) is 0 Å². The normalized spacial score (nSPS) is 15.0. The number of nitriles is 1. The molecule has 5 rings (SSSR count). The molecule has 0 N–H and O–H groups in total. The molecule has 0 fully saturated rings. The molecule has 1 aliphatic heterocycles. The molecule has 0 saturated carbocycles. The number of thiophene rings is 1. The van der Waals surface area contributed by atoms with Crippen molar-refractivity contribution in [2.75, 3.05) is 18.0 Å². The molecule has 2 heterocycles. The van der Waals surface area contributed by atoms with Gasteiger partial charge in [-0.25, -0.2) is 15.0 Å². The van der Waals surface area contributed by atoms with Crippen LogP contribution in [0.25, 0.3) is 27.9 Å². The third kappa shape index (κ3) is 9.09. The van der Waals surface area contributed by atoms with Crippen LogP contribution in [0.3, 0.4) is 0 Å². The second-order valence-corrected chi connectivity index (χ2v) is 20.8. The smallest absolute Gasteiger partial charge is 0.319 e. The van der Waals surface area contributed by atoms with Gasteiger partial charge in [-0.3, -0.25) is 0 Å². The summed E-state index contributed by atoms with van der Waals surface area (Å²) in [6.07, 6.45) is 12.7. The summed E-state index contributed by atoms with van der Waals surface area (Å²) in [5.41, 5.74) is 1.98. The maximum atomic E-state index is 9.45. The van der Waals surface area contributed by atoms with Crippen molar-refractivity contribution in [3.63, 3.8) is 0 Å². The zero-order valence-electron chi connectivity index (χ0n) is 33.7. The molecule has 0 atom stereocenters.